The van der Waals surface area contributed by atoms with E-state index in [0.717, 1.165) is 24.4 Å². The van der Waals surface area contributed by atoms with Gasteiger partial charge < -0.3 is 15.8 Å². The number of rotatable bonds is 7. The quantitative estimate of drug-likeness (QED) is 0.597. The van der Waals surface area contributed by atoms with Crippen LogP contribution in [0.5, 0.6) is 5.75 Å². The molecular weight excluding hydrogens is 276 g/mol. The lowest BCUT2D eigenvalue weighted by atomic mass is 10.2. The first-order valence-corrected chi connectivity index (χ1v) is 8.23. The summed E-state index contributed by atoms with van der Waals surface area (Å²) < 4.78 is 5.60. The lowest BCUT2D eigenvalue weighted by Gasteiger charge is -2.23. The summed E-state index contributed by atoms with van der Waals surface area (Å²) in [5, 5.41) is 3.26. The minimum absolute atomic E-state index is 0.509. The number of hydrogen-bond acceptors (Lipinski definition) is 3. The second-order valence-electron chi connectivity index (χ2n) is 5.55. The Morgan fingerprint density at radius 1 is 1.41 bits per heavy atom. The van der Waals surface area contributed by atoms with E-state index in [1.54, 1.807) is 0 Å². The highest BCUT2D eigenvalue weighted by molar-refractivity contribution is 5.77. The molecule has 0 saturated carbocycles. The van der Waals surface area contributed by atoms with Crippen molar-refractivity contribution in [3.05, 3.63) is 29.8 Å². The van der Waals surface area contributed by atoms with Crippen molar-refractivity contribution in [3.63, 3.8) is 0 Å². The molecule has 5 nitrogen and oxygen atoms in total. The third-order valence-corrected chi connectivity index (χ3v) is 4.12. The van der Waals surface area contributed by atoms with Gasteiger partial charge in [-0.3, -0.25) is 4.90 Å². The van der Waals surface area contributed by atoms with Crippen LogP contribution in [0.25, 0.3) is 0 Å². The SMILES string of the molecule is CCOc1ccccc1CN=C(N)NCC1CCCN1CC. The molecule has 0 aromatic heterocycles. The normalized spacial score (nSPS) is 19.4. The van der Waals surface area contributed by atoms with Crippen LogP contribution in [0.2, 0.25) is 0 Å². The van der Waals surface area contributed by atoms with Gasteiger partial charge in [0.2, 0.25) is 0 Å². The predicted molar refractivity (Wildman–Crippen MR) is 91.2 cm³/mol. The van der Waals surface area contributed by atoms with Gasteiger partial charge in [0.1, 0.15) is 5.75 Å². The number of ether oxygens (including phenoxy) is 1. The number of likely N-dealkylation sites (tertiary alicyclic amines) is 1. The molecule has 1 heterocycles. The van der Waals surface area contributed by atoms with E-state index in [0.29, 0.717) is 25.2 Å². The Labute approximate surface area is 133 Å². The molecule has 1 aromatic carbocycles. The van der Waals surface area contributed by atoms with E-state index in [1.165, 1.54) is 19.4 Å². The highest BCUT2D eigenvalue weighted by Gasteiger charge is 2.22. The molecular formula is C17H28N4O. The van der Waals surface area contributed by atoms with Crippen LogP contribution >= 0.6 is 0 Å². The zero-order valence-corrected chi connectivity index (χ0v) is 13.7. The van der Waals surface area contributed by atoms with Crippen molar-refractivity contribution in [3.8, 4) is 5.75 Å². The van der Waals surface area contributed by atoms with Crippen LogP contribution in [-0.2, 0) is 6.54 Å². The molecule has 1 saturated heterocycles. The summed E-state index contributed by atoms with van der Waals surface area (Å²) in [7, 11) is 0. The number of guanidine groups is 1. The Kier molecular flexibility index (Phi) is 6.52. The van der Waals surface area contributed by atoms with Crippen LogP contribution in [0.1, 0.15) is 32.3 Å². The lowest BCUT2D eigenvalue weighted by molar-refractivity contribution is 0.267. The largest absolute Gasteiger partial charge is 0.494 e. The molecule has 5 heteroatoms. The lowest BCUT2D eigenvalue weighted by Crippen LogP contribution is -2.42. The van der Waals surface area contributed by atoms with Crippen LogP contribution in [-0.4, -0.2) is 43.1 Å². The summed E-state index contributed by atoms with van der Waals surface area (Å²) in [5.41, 5.74) is 7.05. The van der Waals surface area contributed by atoms with Gasteiger partial charge in [-0.1, -0.05) is 25.1 Å². The van der Waals surface area contributed by atoms with Crippen molar-refractivity contribution in [1.29, 1.82) is 0 Å². The van der Waals surface area contributed by atoms with Gasteiger partial charge in [0.15, 0.2) is 5.96 Å². The van der Waals surface area contributed by atoms with Crippen molar-refractivity contribution in [2.45, 2.75) is 39.3 Å². The Hall–Kier alpha value is -1.75. The van der Waals surface area contributed by atoms with E-state index in [-0.39, 0.29) is 0 Å². The van der Waals surface area contributed by atoms with Crippen molar-refractivity contribution >= 4 is 5.96 Å². The standard InChI is InChI=1S/C17H28N4O/c1-3-21-11-7-9-15(21)13-20-17(18)19-12-14-8-5-6-10-16(14)22-4-2/h5-6,8,10,15H,3-4,7,9,11-13H2,1-2H3,(H3,18,19,20). The Balaban J connectivity index is 1.85. The highest BCUT2D eigenvalue weighted by atomic mass is 16.5. The van der Waals surface area contributed by atoms with Crippen molar-refractivity contribution in [1.82, 2.24) is 10.2 Å². The summed E-state index contributed by atoms with van der Waals surface area (Å²) in [6.45, 7) is 8.56. The molecule has 3 N–H and O–H groups in total. The summed E-state index contributed by atoms with van der Waals surface area (Å²) in [6.07, 6.45) is 2.51. The maximum absolute atomic E-state index is 5.99. The zero-order valence-electron chi connectivity index (χ0n) is 13.7. The average molecular weight is 304 g/mol. The van der Waals surface area contributed by atoms with Gasteiger partial charge in [-0.05, 0) is 38.9 Å². The second kappa shape index (κ2) is 8.63. The summed E-state index contributed by atoms with van der Waals surface area (Å²) in [4.78, 5) is 6.92. The minimum Gasteiger partial charge on any atom is -0.494 e. The van der Waals surface area contributed by atoms with E-state index in [1.807, 2.05) is 31.2 Å². The van der Waals surface area contributed by atoms with Crippen LogP contribution < -0.4 is 15.8 Å². The Morgan fingerprint density at radius 3 is 3.00 bits per heavy atom. The van der Waals surface area contributed by atoms with Crippen molar-refractivity contribution in [2.75, 3.05) is 26.2 Å². The highest BCUT2D eigenvalue weighted by Crippen LogP contribution is 2.18. The number of nitrogens with one attached hydrogen (secondary N) is 1. The first-order chi connectivity index (χ1) is 10.7. The molecule has 1 fully saturated rings. The number of likely N-dealkylation sites (N-methyl/N-ethyl adjacent to an activating group) is 1. The van der Waals surface area contributed by atoms with Gasteiger partial charge in [0, 0.05) is 18.2 Å². The van der Waals surface area contributed by atoms with E-state index in [9.17, 15) is 0 Å². The first kappa shape index (κ1) is 16.6. The van der Waals surface area contributed by atoms with Gasteiger partial charge in [-0.25, -0.2) is 4.99 Å². The van der Waals surface area contributed by atoms with Crippen LogP contribution in [0, 0.1) is 0 Å². The fourth-order valence-corrected chi connectivity index (χ4v) is 2.92. The average Bonchev–Trinajstić information content (AvgIpc) is 3.00. The van der Waals surface area contributed by atoms with Crippen molar-refractivity contribution < 1.29 is 4.74 Å². The molecule has 0 spiro atoms. The van der Waals surface area contributed by atoms with Gasteiger partial charge in [0.25, 0.3) is 0 Å². The molecule has 1 aromatic rings. The molecule has 2 rings (SSSR count). The minimum atomic E-state index is 0.509. The Bertz CT molecular complexity index is 489. The summed E-state index contributed by atoms with van der Waals surface area (Å²) >= 11 is 0. The Morgan fingerprint density at radius 2 is 2.23 bits per heavy atom. The molecule has 0 radical (unpaired) electrons. The predicted octanol–water partition coefficient (Wildman–Crippen LogP) is 1.97. The number of para-hydroxylation sites is 1. The number of benzene rings is 1. The molecule has 122 valence electrons. The van der Waals surface area contributed by atoms with Gasteiger partial charge in [-0.2, -0.15) is 0 Å². The number of hydrogen-bond donors (Lipinski definition) is 2. The van der Waals surface area contributed by atoms with Crippen LogP contribution in [0.4, 0.5) is 0 Å². The number of nitrogens with zero attached hydrogens (tertiary/aromatic N) is 2. The van der Waals surface area contributed by atoms with Crippen molar-refractivity contribution in [2.24, 2.45) is 10.7 Å². The fourth-order valence-electron chi connectivity index (χ4n) is 2.92. The monoisotopic (exact) mass is 304 g/mol. The van der Waals surface area contributed by atoms with E-state index in [4.69, 9.17) is 10.5 Å². The maximum Gasteiger partial charge on any atom is 0.188 e. The molecule has 1 aliphatic rings. The molecule has 0 bridgehead atoms. The smallest absolute Gasteiger partial charge is 0.188 e. The molecule has 0 amide bonds. The van der Waals surface area contributed by atoms with E-state index >= 15 is 0 Å². The first-order valence-electron chi connectivity index (χ1n) is 8.23. The molecule has 22 heavy (non-hydrogen) atoms. The maximum atomic E-state index is 5.99. The summed E-state index contributed by atoms with van der Waals surface area (Å²) in [5.74, 6) is 1.39. The third-order valence-electron chi connectivity index (χ3n) is 4.12. The molecule has 1 atom stereocenters. The van der Waals surface area contributed by atoms with Crippen LogP contribution in [0.3, 0.4) is 0 Å². The van der Waals surface area contributed by atoms with Gasteiger partial charge >= 0.3 is 0 Å². The van der Waals surface area contributed by atoms with Gasteiger partial charge in [-0.15, -0.1) is 0 Å². The van der Waals surface area contributed by atoms with E-state index < -0.39 is 0 Å². The van der Waals surface area contributed by atoms with Gasteiger partial charge in [0.05, 0.1) is 13.2 Å². The van der Waals surface area contributed by atoms with Crippen LogP contribution in [0.15, 0.2) is 29.3 Å². The molecule has 0 aliphatic carbocycles. The zero-order chi connectivity index (χ0) is 15.8. The third kappa shape index (κ3) is 4.63. The summed E-state index contributed by atoms with van der Waals surface area (Å²) in [6, 6.07) is 8.54. The number of aliphatic imine (C=N–C) groups is 1. The van der Waals surface area contributed by atoms with E-state index in [2.05, 4.69) is 22.1 Å². The fraction of sp³-hybridized carbons (Fsp3) is 0.588. The molecule has 1 aliphatic heterocycles. The number of nitrogens with two attached hydrogens (primary N) is 1. The second-order valence-corrected chi connectivity index (χ2v) is 5.55. The molecule has 1 unspecified atom stereocenters. The topological polar surface area (TPSA) is 62.9 Å².